The van der Waals surface area contributed by atoms with Crippen molar-refractivity contribution in [3.63, 3.8) is 0 Å². The number of hydrogen-bond acceptors (Lipinski definition) is 4. The van der Waals surface area contributed by atoms with E-state index in [9.17, 15) is 4.79 Å². The summed E-state index contributed by atoms with van der Waals surface area (Å²) in [5.74, 6) is 0.882. The summed E-state index contributed by atoms with van der Waals surface area (Å²) in [5.41, 5.74) is 0.614. The second-order valence-corrected chi connectivity index (χ2v) is 3.68. The molecule has 0 unspecified atom stereocenters. The number of rotatable bonds is 6. The van der Waals surface area contributed by atoms with Crippen molar-refractivity contribution in [3.8, 4) is 11.5 Å². The minimum atomic E-state index is -0.150. The van der Waals surface area contributed by atoms with Crippen molar-refractivity contribution in [2.75, 3.05) is 31.0 Å². The van der Waals surface area contributed by atoms with Gasteiger partial charge in [0.05, 0.1) is 19.0 Å². The fourth-order valence-electron chi connectivity index (χ4n) is 1.22. The molecule has 0 fully saturated rings. The predicted octanol–water partition coefficient (Wildman–Crippen LogP) is 1.40. The van der Waals surface area contributed by atoms with E-state index in [1.807, 2.05) is 0 Å². The van der Waals surface area contributed by atoms with Gasteiger partial charge in [0.25, 0.3) is 0 Å². The Bertz CT molecular complexity index is 384. The number of aliphatic hydroxyl groups excluding tert-OH is 1. The summed E-state index contributed by atoms with van der Waals surface area (Å²) < 4.78 is 10.4. The molecule has 0 heterocycles. The molecule has 6 heteroatoms. The van der Waals surface area contributed by atoms with Gasteiger partial charge in [-0.05, 0) is 12.1 Å². The highest BCUT2D eigenvalue weighted by molar-refractivity contribution is 9.09. The lowest BCUT2D eigenvalue weighted by Gasteiger charge is -2.11. The first kappa shape index (κ1) is 13.8. The Labute approximate surface area is 108 Å². The molecular formula is C11H14BrNO4. The van der Waals surface area contributed by atoms with E-state index in [0.29, 0.717) is 17.2 Å². The lowest BCUT2D eigenvalue weighted by molar-refractivity contribution is -0.113. The van der Waals surface area contributed by atoms with Gasteiger partial charge >= 0.3 is 0 Å². The van der Waals surface area contributed by atoms with Crippen molar-refractivity contribution in [1.29, 1.82) is 0 Å². The summed E-state index contributed by atoms with van der Waals surface area (Å²) in [5, 5.41) is 11.6. The van der Waals surface area contributed by atoms with Crippen LogP contribution in [0.5, 0.6) is 11.5 Å². The number of hydrogen-bond donors (Lipinski definition) is 2. The molecule has 1 aromatic rings. The summed E-state index contributed by atoms with van der Waals surface area (Å²) in [6.07, 6.45) is 0. The number of ether oxygens (including phenoxy) is 2. The molecule has 0 aromatic heterocycles. The van der Waals surface area contributed by atoms with Gasteiger partial charge in [0.15, 0.2) is 11.5 Å². The van der Waals surface area contributed by atoms with Crippen LogP contribution in [0.25, 0.3) is 0 Å². The quantitative estimate of drug-likeness (QED) is 0.780. The first-order chi connectivity index (χ1) is 8.21. The van der Waals surface area contributed by atoms with Crippen molar-refractivity contribution in [1.82, 2.24) is 0 Å². The second kappa shape index (κ2) is 7.13. The van der Waals surface area contributed by atoms with Crippen LogP contribution in [-0.2, 0) is 4.79 Å². The molecule has 0 spiro atoms. The van der Waals surface area contributed by atoms with Crippen LogP contribution in [0.2, 0.25) is 0 Å². The topological polar surface area (TPSA) is 67.8 Å². The minimum absolute atomic E-state index is 0.0822. The summed E-state index contributed by atoms with van der Waals surface area (Å²) in [4.78, 5) is 11.2. The van der Waals surface area contributed by atoms with E-state index in [2.05, 4.69) is 21.2 Å². The van der Waals surface area contributed by atoms with Gasteiger partial charge in [-0.1, -0.05) is 15.9 Å². The van der Waals surface area contributed by atoms with E-state index < -0.39 is 0 Å². The fourth-order valence-corrected chi connectivity index (χ4v) is 1.36. The van der Waals surface area contributed by atoms with E-state index >= 15 is 0 Å². The smallest absolute Gasteiger partial charge is 0.235 e. The highest BCUT2D eigenvalue weighted by Gasteiger charge is 2.07. The molecule has 1 aromatic carbocycles. The SMILES string of the molecule is COc1ccc(NC(=O)CBr)cc1OCCO. The largest absolute Gasteiger partial charge is 0.493 e. The Morgan fingerprint density at radius 1 is 1.47 bits per heavy atom. The number of carbonyl (C=O) groups excluding carboxylic acids is 1. The molecule has 0 radical (unpaired) electrons. The summed E-state index contributed by atoms with van der Waals surface area (Å²) in [6, 6.07) is 5.05. The molecule has 0 saturated carbocycles. The third-order valence-corrected chi connectivity index (χ3v) is 2.43. The monoisotopic (exact) mass is 303 g/mol. The number of halogens is 1. The van der Waals surface area contributed by atoms with E-state index in [0.717, 1.165) is 0 Å². The normalized spacial score (nSPS) is 9.82. The van der Waals surface area contributed by atoms with Crippen molar-refractivity contribution in [3.05, 3.63) is 18.2 Å². The first-order valence-electron chi connectivity index (χ1n) is 4.98. The molecule has 2 N–H and O–H groups in total. The average molecular weight is 304 g/mol. The van der Waals surface area contributed by atoms with Crippen LogP contribution >= 0.6 is 15.9 Å². The van der Waals surface area contributed by atoms with Crippen molar-refractivity contribution < 1.29 is 19.4 Å². The molecule has 17 heavy (non-hydrogen) atoms. The number of alkyl halides is 1. The maximum atomic E-state index is 11.2. The van der Waals surface area contributed by atoms with Gasteiger partial charge in [0, 0.05) is 11.8 Å². The van der Waals surface area contributed by atoms with Crippen LogP contribution in [0.15, 0.2) is 18.2 Å². The molecular weight excluding hydrogens is 290 g/mol. The first-order valence-corrected chi connectivity index (χ1v) is 6.11. The summed E-state index contributed by atoms with van der Waals surface area (Å²) in [7, 11) is 1.53. The molecule has 94 valence electrons. The lowest BCUT2D eigenvalue weighted by atomic mass is 10.2. The van der Waals surface area contributed by atoms with Gasteiger partial charge in [-0.2, -0.15) is 0 Å². The van der Waals surface area contributed by atoms with Gasteiger partial charge in [-0.3, -0.25) is 4.79 Å². The van der Waals surface area contributed by atoms with Gasteiger partial charge in [0.2, 0.25) is 5.91 Å². The Hall–Kier alpha value is -1.27. The fraction of sp³-hybridized carbons (Fsp3) is 0.364. The highest BCUT2D eigenvalue weighted by Crippen LogP contribution is 2.30. The van der Waals surface area contributed by atoms with Gasteiger partial charge in [-0.15, -0.1) is 0 Å². The molecule has 0 bridgehead atoms. The number of carbonyl (C=O) groups is 1. The molecule has 1 rings (SSSR count). The predicted molar refractivity (Wildman–Crippen MR) is 68.0 cm³/mol. The van der Waals surface area contributed by atoms with Crippen molar-refractivity contribution in [2.24, 2.45) is 0 Å². The Kier molecular flexibility index (Phi) is 5.79. The lowest BCUT2D eigenvalue weighted by Crippen LogP contribution is -2.12. The Morgan fingerprint density at radius 2 is 2.24 bits per heavy atom. The van der Waals surface area contributed by atoms with Crippen LogP contribution in [-0.4, -0.2) is 36.7 Å². The molecule has 1 amide bonds. The Morgan fingerprint density at radius 3 is 2.82 bits per heavy atom. The number of benzene rings is 1. The highest BCUT2D eigenvalue weighted by atomic mass is 79.9. The number of methoxy groups -OCH3 is 1. The van der Waals surface area contributed by atoms with E-state index in [4.69, 9.17) is 14.6 Å². The molecule has 0 aliphatic heterocycles. The zero-order chi connectivity index (χ0) is 12.7. The maximum absolute atomic E-state index is 11.2. The zero-order valence-electron chi connectivity index (χ0n) is 9.40. The van der Waals surface area contributed by atoms with Crippen LogP contribution in [0, 0.1) is 0 Å². The van der Waals surface area contributed by atoms with Gasteiger partial charge in [-0.25, -0.2) is 0 Å². The number of nitrogens with one attached hydrogen (secondary N) is 1. The standard InChI is InChI=1S/C11H14BrNO4/c1-16-9-3-2-8(13-11(15)7-12)6-10(9)17-5-4-14/h2-3,6,14H,4-5,7H2,1H3,(H,13,15). The average Bonchev–Trinajstić information content (AvgIpc) is 2.36. The van der Waals surface area contributed by atoms with Crippen LogP contribution in [0.4, 0.5) is 5.69 Å². The molecule has 0 aliphatic carbocycles. The number of amides is 1. The molecule has 0 saturated heterocycles. The maximum Gasteiger partial charge on any atom is 0.235 e. The van der Waals surface area contributed by atoms with Gasteiger partial charge in [0.1, 0.15) is 6.61 Å². The second-order valence-electron chi connectivity index (χ2n) is 3.12. The Balaban J connectivity index is 2.83. The van der Waals surface area contributed by atoms with Crippen LogP contribution in [0.1, 0.15) is 0 Å². The van der Waals surface area contributed by atoms with Gasteiger partial charge < -0.3 is 19.9 Å². The number of aliphatic hydroxyl groups is 1. The van der Waals surface area contributed by atoms with E-state index in [-0.39, 0.29) is 24.5 Å². The summed E-state index contributed by atoms with van der Waals surface area (Å²) in [6.45, 7) is 0.0906. The van der Waals surface area contributed by atoms with Crippen molar-refractivity contribution >= 4 is 27.5 Å². The van der Waals surface area contributed by atoms with E-state index in [1.165, 1.54) is 7.11 Å². The van der Waals surface area contributed by atoms with Crippen molar-refractivity contribution in [2.45, 2.75) is 0 Å². The molecule has 5 nitrogen and oxygen atoms in total. The third-order valence-electron chi connectivity index (χ3n) is 1.92. The molecule has 0 aliphatic rings. The number of anilines is 1. The summed E-state index contributed by atoms with van der Waals surface area (Å²) >= 11 is 3.06. The van der Waals surface area contributed by atoms with E-state index in [1.54, 1.807) is 18.2 Å². The minimum Gasteiger partial charge on any atom is -0.493 e. The molecule has 0 atom stereocenters. The van der Waals surface area contributed by atoms with Crippen LogP contribution < -0.4 is 14.8 Å². The zero-order valence-corrected chi connectivity index (χ0v) is 11.0. The third kappa shape index (κ3) is 4.24. The van der Waals surface area contributed by atoms with Crippen LogP contribution in [0.3, 0.4) is 0 Å².